The van der Waals surface area contributed by atoms with Gasteiger partial charge in [0.15, 0.2) is 5.82 Å². The summed E-state index contributed by atoms with van der Waals surface area (Å²) < 4.78 is 1.89. The van der Waals surface area contributed by atoms with Crippen LogP contribution in [-0.4, -0.2) is 33.3 Å². The third-order valence-electron chi connectivity index (χ3n) is 3.38. The number of rotatable bonds is 4. The number of tetrazole rings is 1. The molecule has 0 amide bonds. The van der Waals surface area contributed by atoms with Crippen molar-refractivity contribution >= 4 is 12.2 Å². The van der Waals surface area contributed by atoms with Gasteiger partial charge in [-0.2, -0.15) is 0 Å². The minimum Gasteiger partial charge on any atom is -0.316 e. The first-order valence-corrected chi connectivity index (χ1v) is 6.62. The molecule has 1 unspecified atom stereocenters. The molecule has 2 heterocycles. The lowest BCUT2D eigenvalue weighted by Crippen LogP contribution is -2.16. The van der Waals surface area contributed by atoms with E-state index in [-0.39, 0.29) is 0 Å². The fourth-order valence-corrected chi connectivity index (χ4v) is 2.31. The fourth-order valence-electron chi connectivity index (χ4n) is 2.31. The molecule has 5 heteroatoms. The highest BCUT2D eigenvalue weighted by atomic mass is 15.5. The lowest BCUT2D eigenvalue weighted by Gasteiger charge is -2.07. The van der Waals surface area contributed by atoms with Crippen LogP contribution in [0.1, 0.15) is 17.8 Å². The third kappa shape index (κ3) is 3.06. The molecular weight excluding hydrogens is 238 g/mol. The van der Waals surface area contributed by atoms with Crippen molar-refractivity contribution in [1.29, 1.82) is 0 Å². The van der Waals surface area contributed by atoms with Crippen LogP contribution in [0.3, 0.4) is 0 Å². The number of nitrogens with one attached hydrogen (secondary N) is 1. The third-order valence-corrected chi connectivity index (χ3v) is 3.38. The second-order valence-electron chi connectivity index (χ2n) is 4.82. The molecule has 3 rings (SSSR count). The molecule has 19 heavy (non-hydrogen) atoms. The Morgan fingerprint density at radius 1 is 1.26 bits per heavy atom. The van der Waals surface area contributed by atoms with Crippen molar-refractivity contribution in [3.8, 4) is 0 Å². The molecule has 1 atom stereocenters. The maximum atomic E-state index is 4.07. The molecule has 0 aliphatic carbocycles. The average molecular weight is 255 g/mol. The summed E-state index contributed by atoms with van der Waals surface area (Å²) in [4.78, 5) is 0. The highest BCUT2D eigenvalue weighted by Gasteiger charge is 2.16. The van der Waals surface area contributed by atoms with Gasteiger partial charge in [-0.3, -0.25) is 0 Å². The van der Waals surface area contributed by atoms with Gasteiger partial charge in [-0.15, -0.1) is 5.10 Å². The van der Waals surface area contributed by atoms with Crippen molar-refractivity contribution in [3.05, 3.63) is 41.7 Å². The molecule has 1 saturated heterocycles. The molecule has 0 bridgehead atoms. The Labute approximate surface area is 112 Å². The number of benzene rings is 1. The zero-order valence-electron chi connectivity index (χ0n) is 10.7. The predicted octanol–water partition coefficient (Wildman–Crippen LogP) is 1.45. The van der Waals surface area contributed by atoms with E-state index < -0.39 is 0 Å². The average Bonchev–Trinajstić information content (AvgIpc) is 3.10. The van der Waals surface area contributed by atoms with Gasteiger partial charge >= 0.3 is 0 Å². The predicted molar refractivity (Wildman–Crippen MR) is 74.2 cm³/mol. The van der Waals surface area contributed by atoms with E-state index in [0.717, 1.165) is 31.0 Å². The molecule has 1 aliphatic heterocycles. The van der Waals surface area contributed by atoms with Crippen molar-refractivity contribution in [3.63, 3.8) is 0 Å². The molecule has 98 valence electrons. The van der Waals surface area contributed by atoms with Crippen molar-refractivity contribution in [2.24, 2.45) is 5.92 Å². The SMILES string of the molecule is C(=C\c1nnnn1CC1CCNC1)/c1ccccc1. The monoisotopic (exact) mass is 255 g/mol. The van der Waals surface area contributed by atoms with E-state index >= 15 is 0 Å². The number of aromatic nitrogens is 4. The van der Waals surface area contributed by atoms with E-state index in [0.29, 0.717) is 5.92 Å². The summed E-state index contributed by atoms with van der Waals surface area (Å²) >= 11 is 0. The van der Waals surface area contributed by atoms with Gasteiger partial charge in [0.05, 0.1) is 0 Å². The Bertz CT molecular complexity index is 540. The van der Waals surface area contributed by atoms with Gasteiger partial charge in [-0.05, 0) is 47.5 Å². The Morgan fingerprint density at radius 2 is 2.16 bits per heavy atom. The molecule has 1 aliphatic rings. The van der Waals surface area contributed by atoms with Crippen LogP contribution in [0.4, 0.5) is 0 Å². The summed E-state index contributed by atoms with van der Waals surface area (Å²) in [5.74, 6) is 1.45. The molecule has 1 aromatic carbocycles. The van der Waals surface area contributed by atoms with Crippen LogP contribution in [-0.2, 0) is 6.54 Å². The van der Waals surface area contributed by atoms with E-state index in [1.54, 1.807) is 0 Å². The fraction of sp³-hybridized carbons (Fsp3) is 0.357. The lowest BCUT2D eigenvalue weighted by molar-refractivity contribution is 0.439. The number of hydrogen-bond acceptors (Lipinski definition) is 4. The lowest BCUT2D eigenvalue weighted by atomic mass is 10.1. The Morgan fingerprint density at radius 3 is 2.95 bits per heavy atom. The van der Waals surface area contributed by atoms with Crippen LogP contribution >= 0.6 is 0 Å². The molecule has 2 aromatic rings. The maximum Gasteiger partial charge on any atom is 0.174 e. The minimum atomic E-state index is 0.632. The zero-order chi connectivity index (χ0) is 12.9. The van der Waals surface area contributed by atoms with E-state index in [1.165, 1.54) is 6.42 Å². The second kappa shape index (κ2) is 5.75. The molecule has 0 saturated carbocycles. The van der Waals surface area contributed by atoms with Gasteiger partial charge in [-0.1, -0.05) is 36.4 Å². The van der Waals surface area contributed by atoms with Gasteiger partial charge in [0.25, 0.3) is 0 Å². The topological polar surface area (TPSA) is 55.6 Å². The normalized spacial score (nSPS) is 19.3. The Kier molecular flexibility index (Phi) is 3.65. The number of nitrogens with zero attached hydrogens (tertiary/aromatic N) is 4. The molecular formula is C14H17N5. The summed E-state index contributed by atoms with van der Waals surface area (Å²) in [5, 5.41) is 15.3. The first-order valence-electron chi connectivity index (χ1n) is 6.62. The summed E-state index contributed by atoms with van der Waals surface area (Å²) in [6.07, 6.45) is 5.20. The summed E-state index contributed by atoms with van der Waals surface area (Å²) in [6, 6.07) is 10.2. The van der Waals surface area contributed by atoms with Crippen LogP contribution < -0.4 is 5.32 Å². The van der Waals surface area contributed by atoms with Crippen LogP contribution in [0.25, 0.3) is 12.2 Å². The highest BCUT2D eigenvalue weighted by molar-refractivity contribution is 5.66. The van der Waals surface area contributed by atoms with Crippen molar-refractivity contribution in [2.45, 2.75) is 13.0 Å². The zero-order valence-corrected chi connectivity index (χ0v) is 10.7. The van der Waals surface area contributed by atoms with Gasteiger partial charge in [0, 0.05) is 6.54 Å². The Hall–Kier alpha value is -2.01. The van der Waals surface area contributed by atoms with Gasteiger partial charge in [0.2, 0.25) is 0 Å². The number of hydrogen-bond donors (Lipinski definition) is 1. The van der Waals surface area contributed by atoms with E-state index in [2.05, 4.69) is 33.0 Å². The van der Waals surface area contributed by atoms with Crippen molar-refractivity contribution in [1.82, 2.24) is 25.5 Å². The molecule has 1 fully saturated rings. The quantitative estimate of drug-likeness (QED) is 0.898. The molecule has 1 N–H and O–H groups in total. The smallest absolute Gasteiger partial charge is 0.174 e. The maximum absolute atomic E-state index is 4.07. The van der Waals surface area contributed by atoms with E-state index in [1.807, 2.05) is 35.0 Å². The molecule has 0 radical (unpaired) electrons. The van der Waals surface area contributed by atoms with E-state index in [9.17, 15) is 0 Å². The van der Waals surface area contributed by atoms with Gasteiger partial charge < -0.3 is 5.32 Å². The van der Waals surface area contributed by atoms with Crippen molar-refractivity contribution in [2.75, 3.05) is 13.1 Å². The van der Waals surface area contributed by atoms with Crippen LogP contribution in [0.15, 0.2) is 30.3 Å². The summed E-state index contributed by atoms with van der Waals surface area (Å²) in [5.41, 5.74) is 1.15. The first kappa shape index (κ1) is 12.0. The highest BCUT2D eigenvalue weighted by Crippen LogP contribution is 2.12. The summed E-state index contributed by atoms with van der Waals surface area (Å²) in [7, 11) is 0. The van der Waals surface area contributed by atoms with E-state index in [4.69, 9.17) is 0 Å². The summed E-state index contributed by atoms with van der Waals surface area (Å²) in [6.45, 7) is 3.04. The molecule has 0 spiro atoms. The van der Waals surface area contributed by atoms with Crippen LogP contribution in [0.5, 0.6) is 0 Å². The van der Waals surface area contributed by atoms with Crippen LogP contribution in [0, 0.1) is 5.92 Å². The van der Waals surface area contributed by atoms with Gasteiger partial charge in [-0.25, -0.2) is 4.68 Å². The first-order chi connectivity index (χ1) is 9.42. The van der Waals surface area contributed by atoms with Crippen molar-refractivity contribution < 1.29 is 0 Å². The second-order valence-corrected chi connectivity index (χ2v) is 4.82. The molecule has 5 nitrogen and oxygen atoms in total. The molecule has 1 aromatic heterocycles. The largest absolute Gasteiger partial charge is 0.316 e. The van der Waals surface area contributed by atoms with Gasteiger partial charge in [0.1, 0.15) is 0 Å². The standard InChI is InChI=1S/C14H17N5/c1-2-4-12(5-3-1)6-7-14-16-17-18-19(14)11-13-8-9-15-10-13/h1-7,13,15H,8-11H2/b7-6+. The minimum absolute atomic E-state index is 0.632. The Balaban J connectivity index is 1.71. The van der Waals surface area contributed by atoms with Crippen LogP contribution in [0.2, 0.25) is 0 Å².